The average Bonchev–Trinajstić information content (AvgIpc) is 2.98. The van der Waals surface area contributed by atoms with Gasteiger partial charge in [-0.1, -0.05) is 44.5 Å². The first kappa shape index (κ1) is 22.9. The maximum atomic E-state index is 12.4. The standard InChI is InChI=1S/C21H25ClN2O4S/c1-13-9-16(23-20(27)21(2,3)4)29-18(13)19(26)28-12-17(25)24(5)11-14-7-6-8-15(22)10-14/h6-10H,11-12H2,1-5H3,(H,23,27). The summed E-state index contributed by atoms with van der Waals surface area (Å²) in [5, 5.41) is 3.96. The number of hydrogen-bond donors (Lipinski definition) is 1. The van der Waals surface area contributed by atoms with Crippen LogP contribution in [0.5, 0.6) is 0 Å². The lowest BCUT2D eigenvalue weighted by molar-refractivity contribution is -0.133. The van der Waals surface area contributed by atoms with Gasteiger partial charge in [-0.25, -0.2) is 4.79 Å². The number of ether oxygens (including phenoxy) is 1. The van der Waals surface area contributed by atoms with E-state index in [1.165, 1.54) is 4.90 Å². The Hall–Kier alpha value is -2.38. The van der Waals surface area contributed by atoms with Crippen molar-refractivity contribution in [2.45, 2.75) is 34.2 Å². The number of anilines is 1. The second-order valence-electron chi connectivity index (χ2n) is 7.78. The highest BCUT2D eigenvalue weighted by molar-refractivity contribution is 7.18. The van der Waals surface area contributed by atoms with E-state index in [2.05, 4.69) is 5.32 Å². The number of esters is 1. The molecule has 0 spiro atoms. The van der Waals surface area contributed by atoms with Crippen molar-refractivity contribution in [2.75, 3.05) is 19.0 Å². The zero-order chi connectivity index (χ0) is 21.8. The minimum Gasteiger partial charge on any atom is -0.451 e. The molecule has 0 aliphatic heterocycles. The molecule has 0 atom stereocenters. The largest absolute Gasteiger partial charge is 0.451 e. The number of likely N-dealkylation sites (N-methyl/N-ethyl adjacent to an activating group) is 1. The Kier molecular flexibility index (Phi) is 7.43. The molecule has 0 fully saturated rings. The van der Waals surface area contributed by atoms with Crippen LogP contribution in [0.25, 0.3) is 0 Å². The van der Waals surface area contributed by atoms with Crippen LogP contribution in [0.1, 0.15) is 41.6 Å². The lowest BCUT2D eigenvalue weighted by atomic mass is 9.96. The van der Waals surface area contributed by atoms with E-state index in [9.17, 15) is 14.4 Å². The highest BCUT2D eigenvalue weighted by Crippen LogP contribution is 2.29. The fourth-order valence-corrected chi connectivity index (χ4v) is 3.52. The fourth-order valence-electron chi connectivity index (χ4n) is 2.35. The molecular weight excluding hydrogens is 412 g/mol. The van der Waals surface area contributed by atoms with Gasteiger partial charge in [0.15, 0.2) is 6.61 Å². The van der Waals surface area contributed by atoms with Crippen LogP contribution in [0.15, 0.2) is 30.3 Å². The first-order chi connectivity index (χ1) is 13.5. The third-order valence-corrected chi connectivity index (χ3v) is 5.45. The van der Waals surface area contributed by atoms with Crippen molar-refractivity contribution >= 4 is 45.7 Å². The normalized spacial score (nSPS) is 11.1. The van der Waals surface area contributed by atoms with Crippen molar-refractivity contribution in [3.63, 3.8) is 0 Å². The molecule has 0 aliphatic rings. The van der Waals surface area contributed by atoms with Gasteiger partial charge in [-0.05, 0) is 36.2 Å². The van der Waals surface area contributed by atoms with E-state index in [1.54, 1.807) is 32.2 Å². The van der Waals surface area contributed by atoms with E-state index in [1.807, 2.05) is 32.9 Å². The van der Waals surface area contributed by atoms with Crippen LogP contribution in [0.2, 0.25) is 5.02 Å². The van der Waals surface area contributed by atoms with Crippen LogP contribution in [0.4, 0.5) is 5.00 Å². The van der Waals surface area contributed by atoms with Gasteiger partial charge in [-0.2, -0.15) is 0 Å². The number of rotatable bonds is 6. The van der Waals surface area contributed by atoms with Crippen molar-refractivity contribution in [3.8, 4) is 0 Å². The monoisotopic (exact) mass is 436 g/mol. The predicted octanol–water partition coefficient (Wildman–Crippen LogP) is 4.51. The molecule has 0 saturated heterocycles. The third-order valence-electron chi connectivity index (χ3n) is 4.08. The number of benzene rings is 1. The Balaban J connectivity index is 1.93. The van der Waals surface area contributed by atoms with Gasteiger partial charge in [-0.15, -0.1) is 11.3 Å². The summed E-state index contributed by atoms with van der Waals surface area (Å²) in [6, 6.07) is 8.93. The molecule has 6 nitrogen and oxygen atoms in total. The van der Waals surface area contributed by atoms with Crippen LogP contribution in [-0.4, -0.2) is 36.3 Å². The maximum absolute atomic E-state index is 12.4. The lowest BCUT2D eigenvalue weighted by Gasteiger charge is -2.17. The number of nitrogens with one attached hydrogen (secondary N) is 1. The third kappa shape index (κ3) is 6.58. The van der Waals surface area contributed by atoms with Crippen molar-refractivity contribution in [1.82, 2.24) is 4.90 Å². The zero-order valence-electron chi connectivity index (χ0n) is 17.2. The number of carbonyl (C=O) groups excluding carboxylic acids is 3. The highest BCUT2D eigenvalue weighted by atomic mass is 35.5. The molecule has 0 unspecified atom stereocenters. The first-order valence-electron chi connectivity index (χ1n) is 9.05. The predicted molar refractivity (Wildman–Crippen MR) is 115 cm³/mol. The molecule has 29 heavy (non-hydrogen) atoms. The maximum Gasteiger partial charge on any atom is 0.349 e. The SMILES string of the molecule is Cc1cc(NC(=O)C(C)(C)C)sc1C(=O)OCC(=O)N(C)Cc1cccc(Cl)c1. The van der Waals surface area contributed by atoms with Crippen LogP contribution < -0.4 is 5.32 Å². The van der Waals surface area contributed by atoms with Gasteiger partial charge in [0, 0.05) is 24.0 Å². The van der Waals surface area contributed by atoms with E-state index >= 15 is 0 Å². The Bertz CT molecular complexity index is 918. The van der Waals surface area contributed by atoms with Gasteiger partial charge in [0.25, 0.3) is 5.91 Å². The summed E-state index contributed by atoms with van der Waals surface area (Å²) >= 11 is 7.08. The molecule has 0 radical (unpaired) electrons. The molecule has 2 amide bonds. The number of carbonyl (C=O) groups is 3. The van der Waals surface area contributed by atoms with E-state index < -0.39 is 11.4 Å². The summed E-state index contributed by atoms with van der Waals surface area (Å²) in [7, 11) is 1.63. The van der Waals surface area contributed by atoms with Gasteiger partial charge in [-0.3, -0.25) is 9.59 Å². The van der Waals surface area contributed by atoms with Crippen molar-refractivity contribution in [1.29, 1.82) is 0 Å². The summed E-state index contributed by atoms with van der Waals surface area (Å²) in [6.45, 7) is 7.18. The Morgan fingerprint density at radius 2 is 1.90 bits per heavy atom. The molecule has 0 aliphatic carbocycles. The zero-order valence-corrected chi connectivity index (χ0v) is 18.7. The summed E-state index contributed by atoms with van der Waals surface area (Å²) in [5.41, 5.74) is 1.02. The minimum atomic E-state index is -0.590. The molecule has 0 saturated carbocycles. The quantitative estimate of drug-likeness (QED) is 0.676. The molecule has 8 heteroatoms. The van der Waals surface area contributed by atoms with E-state index in [0.29, 0.717) is 27.0 Å². The summed E-state index contributed by atoms with van der Waals surface area (Å²) < 4.78 is 5.18. The van der Waals surface area contributed by atoms with Crippen LogP contribution >= 0.6 is 22.9 Å². The van der Waals surface area contributed by atoms with Crippen molar-refractivity contribution in [3.05, 3.63) is 51.4 Å². The topological polar surface area (TPSA) is 75.7 Å². The average molecular weight is 437 g/mol. The highest BCUT2D eigenvalue weighted by Gasteiger charge is 2.23. The summed E-state index contributed by atoms with van der Waals surface area (Å²) in [5.74, 6) is -1.06. The molecule has 156 valence electrons. The van der Waals surface area contributed by atoms with Crippen LogP contribution in [-0.2, 0) is 20.9 Å². The molecule has 2 rings (SSSR count). The number of amides is 2. The smallest absolute Gasteiger partial charge is 0.349 e. The molecule has 1 N–H and O–H groups in total. The fraction of sp³-hybridized carbons (Fsp3) is 0.381. The van der Waals surface area contributed by atoms with Crippen LogP contribution in [0, 0.1) is 12.3 Å². The van der Waals surface area contributed by atoms with Gasteiger partial charge in [0.1, 0.15) is 4.88 Å². The van der Waals surface area contributed by atoms with E-state index in [-0.39, 0.29) is 18.4 Å². The number of hydrogen-bond acceptors (Lipinski definition) is 5. The summed E-state index contributed by atoms with van der Waals surface area (Å²) in [4.78, 5) is 38.6. The lowest BCUT2D eigenvalue weighted by Crippen LogP contribution is -2.30. The number of thiophene rings is 1. The minimum absolute atomic E-state index is 0.142. The van der Waals surface area contributed by atoms with Gasteiger partial charge < -0.3 is 15.0 Å². The second kappa shape index (κ2) is 9.41. The first-order valence-corrected chi connectivity index (χ1v) is 10.2. The van der Waals surface area contributed by atoms with Gasteiger partial charge >= 0.3 is 5.97 Å². The van der Waals surface area contributed by atoms with Crippen molar-refractivity contribution in [2.24, 2.45) is 5.41 Å². The van der Waals surface area contributed by atoms with Gasteiger partial charge in [0.05, 0.1) is 5.00 Å². The molecule has 2 aromatic rings. The molecule has 1 aromatic heterocycles. The Labute approximate surface area is 179 Å². The van der Waals surface area contributed by atoms with Crippen LogP contribution in [0.3, 0.4) is 0 Å². The summed E-state index contributed by atoms with van der Waals surface area (Å²) in [6.07, 6.45) is 0. The molecule has 1 aromatic carbocycles. The van der Waals surface area contributed by atoms with E-state index in [0.717, 1.165) is 16.9 Å². The molecular formula is C21H25ClN2O4S. The van der Waals surface area contributed by atoms with Gasteiger partial charge in [0.2, 0.25) is 5.91 Å². The molecule has 0 bridgehead atoms. The Morgan fingerprint density at radius 3 is 2.52 bits per heavy atom. The van der Waals surface area contributed by atoms with Crippen molar-refractivity contribution < 1.29 is 19.1 Å². The second-order valence-corrected chi connectivity index (χ2v) is 9.27. The number of aryl methyl sites for hydroxylation is 1. The Morgan fingerprint density at radius 1 is 1.21 bits per heavy atom. The number of nitrogens with zero attached hydrogens (tertiary/aromatic N) is 1. The molecule has 1 heterocycles. The van der Waals surface area contributed by atoms with E-state index in [4.69, 9.17) is 16.3 Å². The number of halogens is 1.